The summed E-state index contributed by atoms with van der Waals surface area (Å²) in [7, 11) is 0. The molecule has 0 unspecified atom stereocenters. The third-order valence-electron chi connectivity index (χ3n) is 6.36. The number of hydrogen-bond acceptors (Lipinski definition) is 6. The minimum Gasteiger partial charge on any atom is -0.464 e. The van der Waals surface area contributed by atoms with Gasteiger partial charge in [-0.05, 0) is 44.0 Å². The molecule has 3 N–H and O–H groups in total. The van der Waals surface area contributed by atoms with Gasteiger partial charge in [-0.2, -0.15) is 0 Å². The number of benzene rings is 2. The van der Waals surface area contributed by atoms with E-state index in [0.29, 0.717) is 25.3 Å². The number of aliphatic hydroxyl groups is 1. The number of nitrogens with one attached hydrogen (secondary N) is 2. The number of allylic oxidation sites excluding steroid dienone is 1. The van der Waals surface area contributed by atoms with E-state index in [4.69, 9.17) is 13.9 Å². The zero-order valence-electron chi connectivity index (χ0n) is 19.6. The van der Waals surface area contributed by atoms with E-state index in [1.165, 1.54) is 0 Å². The third kappa shape index (κ3) is 4.80. The lowest BCUT2D eigenvalue weighted by molar-refractivity contribution is -0.166. The van der Waals surface area contributed by atoms with Gasteiger partial charge in [0.15, 0.2) is 5.76 Å². The van der Waals surface area contributed by atoms with Gasteiger partial charge in [0.1, 0.15) is 11.4 Å². The molecule has 8 heteroatoms. The summed E-state index contributed by atoms with van der Waals surface area (Å²) in [6.07, 6.45) is 4.25. The van der Waals surface area contributed by atoms with Gasteiger partial charge in [0.25, 0.3) is 5.91 Å². The molecule has 0 saturated heterocycles. The van der Waals surface area contributed by atoms with Crippen LogP contribution in [0.1, 0.15) is 37.1 Å². The van der Waals surface area contributed by atoms with Gasteiger partial charge >= 0.3 is 0 Å². The molecule has 1 aliphatic heterocycles. The number of carbonyl (C=O) groups excluding carboxylic acids is 1. The van der Waals surface area contributed by atoms with Gasteiger partial charge in [0, 0.05) is 36.0 Å². The van der Waals surface area contributed by atoms with Crippen molar-refractivity contribution >= 4 is 27.9 Å². The number of H-pyrrole nitrogens is 1. The Balaban J connectivity index is 1.43. The predicted molar refractivity (Wildman–Crippen MR) is 131 cm³/mol. The molecule has 3 heterocycles. The van der Waals surface area contributed by atoms with Crippen LogP contribution >= 0.6 is 0 Å². The smallest absolute Gasteiger partial charge is 0.286 e. The summed E-state index contributed by atoms with van der Waals surface area (Å²) in [5.74, 6) is 0.261. The van der Waals surface area contributed by atoms with Crippen LogP contribution in [0.3, 0.4) is 0 Å². The number of furan rings is 1. The topological polar surface area (TPSA) is 110 Å². The SMILES string of the molecule is CCO[C@H]1OC(C(=O)NCc2nc3ccccc3[nH]2)=C[C@@H](c2coc3ccccc23)[C@@H]1CCCO. The number of ether oxygens (including phenoxy) is 2. The molecule has 1 aliphatic rings. The Morgan fingerprint density at radius 1 is 1.20 bits per heavy atom. The van der Waals surface area contributed by atoms with Crippen molar-refractivity contribution in [3.05, 3.63) is 78.0 Å². The summed E-state index contributed by atoms with van der Waals surface area (Å²) in [4.78, 5) is 20.9. The van der Waals surface area contributed by atoms with Crippen molar-refractivity contribution in [2.24, 2.45) is 5.92 Å². The monoisotopic (exact) mass is 475 g/mol. The standard InChI is InChI=1S/C27H29N3O5/c1-2-33-27-18(9-7-13-31)19(20-16-34-23-12-6-3-8-17(20)23)14-24(35-27)26(32)28-15-25-29-21-10-4-5-11-22(21)30-25/h3-6,8,10-12,14,16,18-19,27,31H,2,7,9,13,15H2,1H3,(H,28,32)(H,29,30)/t18-,19+,27-/m0/s1. The van der Waals surface area contributed by atoms with Gasteiger partial charge in [-0.25, -0.2) is 4.98 Å². The number of rotatable bonds is 9. The summed E-state index contributed by atoms with van der Waals surface area (Å²) >= 11 is 0. The Kier molecular flexibility index (Phi) is 6.83. The summed E-state index contributed by atoms with van der Waals surface area (Å²) in [6.45, 7) is 2.64. The molecule has 3 atom stereocenters. The molecule has 0 saturated carbocycles. The number of fused-ring (bicyclic) bond motifs is 2. The first-order valence-corrected chi connectivity index (χ1v) is 12.0. The Morgan fingerprint density at radius 3 is 2.86 bits per heavy atom. The molecule has 182 valence electrons. The molecule has 2 aromatic heterocycles. The van der Waals surface area contributed by atoms with Crippen LogP contribution in [-0.2, 0) is 20.8 Å². The minimum absolute atomic E-state index is 0.0722. The summed E-state index contributed by atoms with van der Waals surface area (Å²) < 4.78 is 17.8. The Morgan fingerprint density at radius 2 is 2.03 bits per heavy atom. The van der Waals surface area contributed by atoms with Crippen LogP contribution in [0.15, 0.2) is 71.0 Å². The van der Waals surface area contributed by atoms with E-state index >= 15 is 0 Å². The van der Waals surface area contributed by atoms with Crippen molar-refractivity contribution in [2.45, 2.75) is 38.5 Å². The quantitative estimate of drug-likeness (QED) is 0.332. The molecule has 0 fully saturated rings. The van der Waals surface area contributed by atoms with E-state index < -0.39 is 6.29 Å². The first-order valence-electron chi connectivity index (χ1n) is 12.0. The zero-order chi connectivity index (χ0) is 24.2. The molecule has 0 aliphatic carbocycles. The van der Waals surface area contributed by atoms with Crippen molar-refractivity contribution < 1.29 is 23.8 Å². The van der Waals surface area contributed by atoms with Gasteiger partial charge in [-0.3, -0.25) is 4.79 Å². The number of nitrogens with zero attached hydrogens (tertiary/aromatic N) is 1. The average Bonchev–Trinajstić information content (AvgIpc) is 3.50. The number of imidazole rings is 1. The summed E-state index contributed by atoms with van der Waals surface area (Å²) in [6, 6.07) is 15.6. The van der Waals surface area contributed by atoms with Crippen molar-refractivity contribution in [2.75, 3.05) is 13.2 Å². The second kappa shape index (κ2) is 10.3. The van der Waals surface area contributed by atoms with E-state index in [0.717, 1.165) is 27.6 Å². The Hall–Kier alpha value is -3.62. The molecular formula is C27H29N3O5. The highest BCUT2D eigenvalue weighted by molar-refractivity contribution is 5.92. The van der Waals surface area contributed by atoms with Crippen LogP contribution in [0.4, 0.5) is 0 Å². The average molecular weight is 476 g/mol. The second-order valence-corrected chi connectivity index (χ2v) is 8.60. The maximum absolute atomic E-state index is 13.2. The zero-order valence-corrected chi connectivity index (χ0v) is 19.6. The maximum atomic E-state index is 13.2. The fraction of sp³-hybridized carbons (Fsp3) is 0.333. The van der Waals surface area contributed by atoms with E-state index in [9.17, 15) is 9.90 Å². The highest BCUT2D eigenvalue weighted by atomic mass is 16.7. The number of aromatic nitrogens is 2. The molecular weight excluding hydrogens is 446 g/mol. The number of aromatic amines is 1. The van der Waals surface area contributed by atoms with Crippen molar-refractivity contribution in [3.8, 4) is 0 Å². The first kappa shape index (κ1) is 23.1. The molecule has 2 aromatic carbocycles. The number of aliphatic hydroxyl groups excluding tert-OH is 1. The number of carbonyl (C=O) groups is 1. The molecule has 1 amide bonds. The van der Waals surface area contributed by atoms with Gasteiger partial charge in [-0.15, -0.1) is 0 Å². The molecule has 0 spiro atoms. The van der Waals surface area contributed by atoms with Crippen LogP contribution in [0.5, 0.6) is 0 Å². The Bertz CT molecular complexity index is 1310. The second-order valence-electron chi connectivity index (χ2n) is 8.60. The predicted octanol–water partition coefficient (Wildman–Crippen LogP) is 4.37. The number of para-hydroxylation sites is 3. The Labute approximate surface area is 202 Å². The van der Waals surface area contributed by atoms with Gasteiger partial charge in [0.05, 0.1) is 23.8 Å². The molecule has 5 rings (SSSR count). The third-order valence-corrected chi connectivity index (χ3v) is 6.36. The normalized spacial score (nSPS) is 20.1. The van der Waals surface area contributed by atoms with E-state index in [2.05, 4.69) is 15.3 Å². The van der Waals surface area contributed by atoms with Crippen LogP contribution in [-0.4, -0.2) is 40.5 Å². The van der Waals surface area contributed by atoms with E-state index in [-0.39, 0.29) is 36.7 Å². The summed E-state index contributed by atoms with van der Waals surface area (Å²) in [5, 5.41) is 13.4. The van der Waals surface area contributed by atoms with Crippen LogP contribution in [0.25, 0.3) is 22.0 Å². The van der Waals surface area contributed by atoms with E-state index in [1.54, 1.807) is 6.26 Å². The van der Waals surface area contributed by atoms with Crippen LogP contribution in [0, 0.1) is 5.92 Å². The van der Waals surface area contributed by atoms with E-state index in [1.807, 2.05) is 61.5 Å². The lowest BCUT2D eigenvalue weighted by Crippen LogP contribution is -2.39. The number of amides is 1. The van der Waals surface area contributed by atoms with Gasteiger partial charge < -0.3 is 29.3 Å². The van der Waals surface area contributed by atoms with Crippen molar-refractivity contribution in [1.82, 2.24) is 15.3 Å². The lowest BCUT2D eigenvalue weighted by atomic mass is 9.80. The minimum atomic E-state index is -0.623. The van der Waals surface area contributed by atoms with Crippen LogP contribution < -0.4 is 5.32 Å². The molecule has 0 bridgehead atoms. The summed E-state index contributed by atoms with van der Waals surface area (Å²) in [5.41, 5.74) is 3.52. The lowest BCUT2D eigenvalue weighted by Gasteiger charge is -2.36. The largest absolute Gasteiger partial charge is 0.464 e. The van der Waals surface area contributed by atoms with Gasteiger partial charge in [0.2, 0.25) is 6.29 Å². The van der Waals surface area contributed by atoms with Gasteiger partial charge in [-0.1, -0.05) is 30.3 Å². The van der Waals surface area contributed by atoms with Crippen molar-refractivity contribution in [3.63, 3.8) is 0 Å². The highest BCUT2D eigenvalue weighted by Gasteiger charge is 2.39. The van der Waals surface area contributed by atoms with Crippen molar-refractivity contribution in [1.29, 1.82) is 0 Å². The fourth-order valence-corrected chi connectivity index (χ4v) is 4.72. The molecule has 8 nitrogen and oxygen atoms in total. The maximum Gasteiger partial charge on any atom is 0.286 e. The highest BCUT2D eigenvalue weighted by Crippen LogP contribution is 2.42. The first-order chi connectivity index (χ1) is 17.2. The van der Waals surface area contributed by atoms with Crippen LogP contribution in [0.2, 0.25) is 0 Å². The molecule has 4 aromatic rings. The molecule has 35 heavy (non-hydrogen) atoms. The fourth-order valence-electron chi connectivity index (χ4n) is 4.72. The molecule has 0 radical (unpaired) electrons. The number of hydrogen-bond donors (Lipinski definition) is 3.